The number of benzene rings is 1. The number of amides is 3. The monoisotopic (exact) mass is 409 g/mol. The third-order valence-corrected chi connectivity index (χ3v) is 4.95. The first-order valence-electron chi connectivity index (χ1n) is 8.08. The van der Waals surface area contributed by atoms with Gasteiger partial charge in [-0.2, -0.15) is 0 Å². The van der Waals surface area contributed by atoms with Gasteiger partial charge in [0.1, 0.15) is 5.76 Å². The van der Waals surface area contributed by atoms with E-state index >= 15 is 0 Å². The molecule has 0 bridgehead atoms. The van der Waals surface area contributed by atoms with Crippen molar-refractivity contribution in [2.24, 2.45) is 0 Å². The Morgan fingerprint density at radius 3 is 2.39 bits per heavy atom. The molecule has 1 heterocycles. The Morgan fingerprint density at radius 1 is 1.14 bits per heavy atom. The third-order valence-electron chi connectivity index (χ3n) is 3.53. The first kappa shape index (κ1) is 21.1. The van der Waals surface area contributed by atoms with Gasteiger partial charge in [-0.1, -0.05) is 0 Å². The van der Waals surface area contributed by atoms with E-state index in [1.54, 1.807) is 12.1 Å². The fourth-order valence-corrected chi connectivity index (χ4v) is 2.98. The Hall–Kier alpha value is -3.18. The van der Waals surface area contributed by atoms with Crippen LogP contribution in [0.4, 0.5) is 4.79 Å². The van der Waals surface area contributed by atoms with E-state index in [9.17, 15) is 22.8 Å². The van der Waals surface area contributed by atoms with Crippen LogP contribution in [0.3, 0.4) is 0 Å². The number of esters is 1. The molecular weight excluding hydrogens is 390 g/mol. The molecule has 0 spiro atoms. The van der Waals surface area contributed by atoms with Gasteiger partial charge >= 0.3 is 12.0 Å². The highest BCUT2D eigenvalue weighted by Gasteiger charge is 2.21. The minimum atomic E-state index is -3.80. The number of urea groups is 1. The van der Waals surface area contributed by atoms with Gasteiger partial charge in [-0.15, -0.1) is 0 Å². The topological polar surface area (TPSA) is 144 Å². The standard InChI is InChI=1S/C17H19N3O7S/c1-11(15(21)20-17(23)18-2)27-16(22)12-5-7-14(8-6-12)28(24,25)19-10-13-4-3-9-26-13/h3-9,11,19H,10H2,1-2H3,(H2,18,20,21,23)/t11-/m0/s1. The molecule has 0 radical (unpaired) electrons. The molecule has 0 saturated heterocycles. The highest BCUT2D eigenvalue weighted by molar-refractivity contribution is 7.89. The summed E-state index contributed by atoms with van der Waals surface area (Å²) >= 11 is 0. The predicted molar refractivity (Wildman–Crippen MR) is 96.7 cm³/mol. The molecule has 1 aromatic carbocycles. The lowest BCUT2D eigenvalue weighted by Crippen LogP contribution is -2.43. The van der Waals surface area contributed by atoms with Crippen LogP contribution in [-0.4, -0.2) is 39.5 Å². The van der Waals surface area contributed by atoms with Crippen LogP contribution in [0.5, 0.6) is 0 Å². The van der Waals surface area contributed by atoms with Crippen LogP contribution in [0.1, 0.15) is 23.0 Å². The zero-order valence-electron chi connectivity index (χ0n) is 15.1. The largest absolute Gasteiger partial charge is 0.468 e. The van der Waals surface area contributed by atoms with Crippen LogP contribution < -0.4 is 15.4 Å². The van der Waals surface area contributed by atoms with E-state index in [0.717, 1.165) is 0 Å². The van der Waals surface area contributed by atoms with Crippen LogP contribution in [-0.2, 0) is 26.1 Å². The molecule has 0 aliphatic rings. The molecule has 0 aliphatic carbocycles. The van der Waals surface area contributed by atoms with Gasteiger partial charge in [0.05, 0.1) is 23.3 Å². The smallest absolute Gasteiger partial charge is 0.338 e. The van der Waals surface area contributed by atoms with Crippen LogP contribution in [0, 0.1) is 0 Å². The minimum Gasteiger partial charge on any atom is -0.468 e. The first-order valence-corrected chi connectivity index (χ1v) is 9.57. The summed E-state index contributed by atoms with van der Waals surface area (Å²) in [6.45, 7) is 1.28. The first-order chi connectivity index (χ1) is 13.2. The number of hydrogen-bond donors (Lipinski definition) is 3. The summed E-state index contributed by atoms with van der Waals surface area (Å²) in [5.41, 5.74) is 0.0459. The Labute approximate surface area is 161 Å². The predicted octanol–water partition coefficient (Wildman–Crippen LogP) is 0.759. The summed E-state index contributed by atoms with van der Waals surface area (Å²) in [5.74, 6) is -1.19. The SMILES string of the molecule is CNC(=O)NC(=O)[C@H](C)OC(=O)c1ccc(S(=O)(=O)NCc2ccco2)cc1. The van der Waals surface area contributed by atoms with Gasteiger partial charge < -0.3 is 14.5 Å². The van der Waals surface area contributed by atoms with Crippen molar-refractivity contribution in [3.05, 3.63) is 54.0 Å². The highest BCUT2D eigenvalue weighted by Crippen LogP contribution is 2.13. The van der Waals surface area contributed by atoms with Crippen molar-refractivity contribution in [2.45, 2.75) is 24.5 Å². The minimum absolute atomic E-state index is 0.0168. The van der Waals surface area contributed by atoms with Gasteiger partial charge in [0.15, 0.2) is 6.10 Å². The van der Waals surface area contributed by atoms with Crippen LogP contribution in [0.15, 0.2) is 52.0 Å². The zero-order chi connectivity index (χ0) is 20.7. The van der Waals surface area contributed by atoms with Gasteiger partial charge in [0.25, 0.3) is 5.91 Å². The number of ether oxygens (including phenoxy) is 1. The van der Waals surface area contributed by atoms with E-state index in [1.165, 1.54) is 44.5 Å². The number of furan rings is 1. The molecule has 150 valence electrons. The second-order valence-corrected chi connectivity index (χ2v) is 7.31. The van der Waals surface area contributed by atoms with Crippen LogP contribution in [0.2, 0.25) is 0 Å². The van der Waals surface area contributed by atoms with Crippen LogP contribution in [0.25, 0.3) is 0 Å². The normalized spacial score (nSPS) is 12.1. The summed E-state index contributed by atoms with van der Waals surface area (Å²) in [4.78, 5) is 34.8. The molecule has 0 fully saturated rings. The number of imide groups is 1. The number of nitrogens with one attached hydrogen (secondary N) is 3. The highest BCUT2D eigenvalue weighted by atomic mass is 32.2. The molecule has 0 saturated carbocycles. The second kappa shape index (κ2) is 9.15. The summed E-state index contributed by atoms with van der Waals surface area (Å²) in [7, 11) is -2.47. The van der Waals surface area contributed by atoms with E-state index < -0.39 is 34.0 Å². The lowest BCUT2D eigenvalue weighted by molar-refractivity contribution is -0.127. The van der Waals surface area contributed by atoms with Gasteiger partial charge in [-0.3, -0.25) is 10.1 Å². The Morgan fingerprint density at radius 2 is 1.82 bits per heavy atom. The number of carbonyl (C=O) groups excluding carboxylic acids is 3. The van der Waals surface area contributed by atoms with E-state index in [2.05, 4.69) is 10.0 Å². The average molecular weight is 409 g/mol. The van der Waals surface area contributed by atoms with Crippen molar-refractivity contribution >= 4 is 27.9 Å². The molecule has 10 nitrogen and oxygen atoms in total. The summed E-state index contributed by atoms with van der Waals surface area (Å²) in [5, 5.41) is 4.17. The second-order valence-electron chi connectivity index (χ2n) is 5.54. The molecule has 3 amide bonds. The number of carbonyl (C=O) groups is 3. The van der Waals surface area contributed by atoms with Crippen molar-refractivity contribution in [3.63, 3.8) is 0 Å². The Kier molecular flexibility index (Phi) is 6.90. The van der Waals surface area contributed by atoms with Crippen molar-refractivity contribution in [1.82, 2.24) is 15.4 Å². The molecule has 0 unspecified atom stereocenters. The number of sulfonamides is 1. The van der Waals surface area contributed by atoms with Gasteiger partial charge in [-0.05, 0) is 43.3 Å². The lowest BCUT2D eigenvalue weighted by atomic mass is 10.2. The quantitative estimate of drug-likeness (QED) is 0.573. The molecule has 28 heavy (non-hydrogen) atoms. The van der Waals surface area contributed by atoms with Crippen molar-refractivity contribution in [2.75, 3.05) is 7.05 Å². The summed E-state index contributed by atoms with van der Waals surface area (Å²) in [6, 6.07) is 7.51. The fraction of sp³-hybridized carbons (Fsp3) is 0.235. The third kappa shape index (κ3) is 5.66. The van der Waals surface area contributed by atoms with Gasteiger partial charge in [0, 0.05) is 7.05 Å². The van der Waals surface area contributed by atoms with Crippen molar-refractivity contribution < 1.29 is 32.0 Å². The number of rotatable bonds is 7. The fourth-order valence-electron chi connectivity index (χ4n) is 1.99. The van der Waals surface area contributed by atoms with Gasteiger partial charge in [0.2, 0.25) is 10.0 Å². The van der Waals surface area contributed by atoms with Crippen molar-refractivity contribution in [1.29, 1.82) is 0 Å². The van der Waals surface area contributed by atoms with E-state index in [4.69, 9.17) is 9.15 Å². The van der Waals surface area contributed by atoms with Crippen molar-refractivity contribution in [3.8, 4) is 0 Å². The maximum atomic E-state index is 12.2. The molecule has 2 aromatic rings. The molecule has 3 N–H and O–H groups in total. The average Bonchev–Trinajstić information content (AvgIpc) is 3.20. The summed E-state index contributed by atoms with van der Waals surface area (Å²) < 4.78 is 36.9. The maximum absolute atomic E-state index is 12.2. The lowest BCUT2D eigenvalue weighted by Gasteiger charge is -2.13. The molecular formula is C17H19N3O7S. The molecule has 1 aromatic heterocycles. The Balaban J connectivity index is 1.98. The molecule has 2 rings (SSSR count). The van der Waals surface area contributed by atoms with E-state index in [1.807, 2.05) is 5.32 Å². The molecule has 11 heteroatoms. The van der Waals surface area contributed by atoms with E-state index in [0.29, 0.717) is 5.76 Å². The zero-order valence-corrected chi connectivity index (χ0v) is 15.9. The van der Waals surface area contributed by atoms with Gasteiger partial charge in [-0.25, -0.2) is 22.7 Å². The molecule has 0 aliphatic heterocycles. The van der Waals surface area contributed by atoms with Crippen LogP contribution >= 0.6 is 0 Å². The molecule has 1 atom stereocenters. The van der Waals surface area contributed by atoms with E-state index in [-0.39, 0.29) is 17.0 Å². The summed E-state index contributed by atoms with van der Waals surface area (Å²) in [6.07, 6.45) is 0.211. The number of hydrogen-bond acceptors (Lipinski definition) is 7. The maximum Gasteiger partial charge on any atom is 0.338 e. The Bertz CT molecular complexity index is 938.